The maximum atomic E-state index is 13.1. The normalized spacial score (nSPS) is 11.4. The minimum Gasteiger partial charge on any atom is -0.383 e. The number of methoxy groups -OCH3 is 1. The highest BCUT2D eigenvalue weighted by atomic mass is 35.5. The van der Waals surface area contributed by atoms with E-state index in [4.69, 9.17) is 16.3 Å². The highest BCUT2D eigenvalue weighted by Gasteiger charge is 2.18. The molecule has 1 aromatic carbocycles. The van der Waals surface area contributed by atoms with Gasteiger partial charge >= 0.3 is 0 Å². The molecule has 0 saturated heterocycles. The maximum Gasteiger partial charge on any atom is 0.262 e. The highest BCUT2D eigenvalue weighted by molar-refractivity contribution is 7.19. The van der Waals surface area contributed by atoms with Gasteiger partial charge in [0.2, 0.25) is 0 Å². The molecule has 0 aliphatic rings. The van der Waals surface area contributed by atoms with Crippen molar-refractivity contribution in [3.05, 3.63) is 49.8 Å². The van der Waals surface area contributed by atoms with E-state index in [0.717, 1.165) is 31.4 Å². The lowest BCUT2D eigenvalue weighted by molar-refractivity contribution is 0.185. The zero-order chi connectivity index (χ0) is 17.4. The van der Waals surface area contributed by atoms with Crippen molar-refractivity contribution >= 4 is 33.2 Å². The number of benzene rings is 1. The molecule has 0 bridgehead atoms. The van der Waals surface area contributed by atoms with Gasteiger partial charge in [0.25, 0.3) is 5.56 Å². The lowest BCUT2D eigenvalue weighted by Gasteiger charge is -2.10. The molecule has 0 atom stereocenters. The predicted molar refractivity (Wildman–Crippen MR) is 100 cm³/mol. The molecule has 3 aromatic rings. The largest absolute Gasteiger partial charge is 0.383 e. The van der Waals surface area contributed by atoms with E-state index in [1.165, 1.54) is 0 Å². The van der Waals surface area contributed by atoms with Crippen LogP contribution in [0, 0.1) is 20.8 Å². The number of hydrogen-bond acceptors (Lipinski definition) is 4. The van der Waals surface area contributed by atoms with Gasteiger partial charge in [-0.2, -0.15) is 0 Å². The highest BCUT2D eigenvalue weighted by Crippen LogP contribution is 2.36. The van der Waals surface area contributed by atoms with Gasteiger partial charge < -0.3 is 4.74 Å². The third kappa shape index (κ3) is 2.88. The number of aryl methyl sites for hydroxylation is 3. The smallest absolute Gasteiger partial charge is 0.262 e. The molecule has 0 unspecified atom stereocenters. The number of thiophene rings is 1. The second kappa shape index (κ2) is 6.67. The molecule has 0 radical (unpaired) electrons. The van der Waals surface area contributed by atoms with Crippen LogP contribution in [0.25, 0.3) is 21.3 Å². The minimum absolute atomic E-state index is 0.0125. The molecule has 0 saturated carbocycles. The molecule has 126 valence electrons. The molecule has 0 N–H and O–H groups in total. The van der Waals surface area contributed by atoms with Gasteiger partial charge in [0.1, 0.15) is 10.7 Å². The fourth-order valence-corrected chi connectivity index (χ4v) is 4.09. The topological polar surface area (TPSA) is 44.1 Å². The van der Waals surface area contributed by atoms with E-state index < -0.39 is 0 Å². The standard InChI is InChI=1S/C18H19ClN2O2S/c1-10-9-13(5-6-14(10)19)15-11(2)24-17-16(15)18(22)21(7-8-23-4)12(3)20-17/h5-6,9H,7-8H2,1-4H3. The van der Waals surface area contributed by atoms with Gasteiger partial charge in [0.05, 0.1) is 18.5 Å². The van der Waals surface area contributed by atoms with Gasteiger partial charge in [-0.1, -0.05) is 17.7 Å². The Balaban J connectivity index is 2.30. The Labute approximate surface area is 149 Å². The molecular formula is C18H19ClN2O2S. The molecule has 6 heteroatoms. The maximum absolute atomic E-state index is 13.1. The quantitative estimate of drug-likeness (QED) is 0.693. The Morgan fingerprint density at radius 3 is 2.71 bits per heavy atom. The molecule has 3 rings (SSSR count). The van der Waals surface area contributed by atoms with Crippen LogP contribution in [-0.2, 0) is 11.3 Å². The predicted octanol–water partition coefficient (Wildman–Crippen LogP) is 4.35. The first-order valence-corrected chi connectivity index (χ1v) is 8.89. The van der Waals surface area contributed by atoms with Crippen molar-refractivity contribution in [2.75, 3.05) is 13.7 Å². The molecular weight excluding hydrogens is 344 g/mol. The van der Waals surface area contributed by atoms with Crippen LogP contribution >= 0.6 is 22.9 Å². The second-order valence-electron chi connectivity index (χ2n) is 5.79. The van der Waals surface area contributed by atoms with Crippen LogP contribution in [0.5, 0.6) is 0 Å². The number of fused-ring (bicyclic) bond motifs is 1. The molecule has 4 nitrogen and oxygen atoms in total. The number of rotatable bonds is 4. The Morgan fingerprint density at radius 2 is 2.04 bits per heavy atom. The van der Waals surface area contributed by atoms with Crippen molar-refractivity contribution in [3.63, 3.8) is 0 Å². The van der Waals surface area contributed by atoms with E-state index in [-0.39, 0.29) is 5.56 Å². The Hall–Kier alpha value is -1.69. The third-order valence-electron chi connectivity index (χ3n) is 4.14. The van der Waals surface area contributed by atoms with Crippen molar-refractivity contribution in [2.45, 2.75) is 27.3 Å². The fourth-order valence-electron chi connectivity index (χ4n) is 2.89. The number of hydrogen-bond donors (Lipinski definition) is 0. The van der Waals surface area contributed by atoms with Crippen molar-refractivity contribution < 1.29 is 4.74 Å². The average molecular weight is 363 g/mol. The summed E-state index contributed by atoms with van der Waals surface area (Å²) in [6.07, 6.45) is 0. The molecule has 0 aliphatic carbocycles. The lowest BCUT2D eigenvalue weighted by atomic mass is 10.0. The molecule has 24 heavy (non-hydrogen) atoms. The average Bonchev–Trinajstić information content (AvgIpc) is 2.86. The van der Waals surface area contributed by atoms with Crippen molar-refractivity contribution in [3.8, 4) is 11.1 Å². The summed E-state index contributed by atoms with van der Waals surface area (Å²) in [6, 6.07) is 5.86. The number of halogens is 1. The van der Waals surface area contributed by atoms with E-state index in [2.05, 4.69) is 4.98 Å². The monoisotopic (exact) mass is 362 g/mol. The molecule has 0 amide bonds. The molecule has 2 aromatic heterocycles. The van der Waals surface area contributed by atoms with Crippen LogP contribution in [0.4, 0.5) is 0 Å². The summed E-state index contributed by atoms with van der Waals surface area (Å²) < 4.78 is 6.80. The molecule has 0 aliphatic heterocycles. The minimum atomic E-state index is -0.0125. The van der Waals surface area contributed by atoms with Crippen molar-refractivity contribution in [2.24, 2.45) is 0 Å². The summed E-state index contributed by atoms with van der Waals surface area (Å²) in [5.41, 5.74) is 2.94. The van der Waals surface area contributed by atoms with Gasteiger partial charge in [-0.15, -0.1) is 11.3 Å². The summed E-state index contributed by atoms with van der Waals surface area (Å²) in [7, 11) is 1.63. The molecule has 0 spiro atoms. The van der Waals surface area contributed by atoms with E-state index in [1.54, 1.807) is 23.0 Å². The third-order valence-corrected chi connectivity index (χ3v) is 5.57. The van der Waals surface area contributed by atoms with E-state index in [9.17, 15) is 4.79 Å². The van der Waals surface area contributed by atoms with Gasteiger partial charge in [-0.25, -0.2) is 4.98 Å². The Bertz CT molecular complexity index is 975. The number of aromatic nitrogens is 2. The summed E-state index contributed by atoms with van der Waals surface area (Å²) in [4.78, 5) is 19.6. The van der Waals surface area contributed by atoms with Crippen LogP contribution in [-0.4, -0.2) is 23.3 Å². The van der Waals surface area contributed by atoms with E-state index in [1.807, 2.05) is 39.0 Å². The lowest BCUT2D eigenvalue weighted by Crippen LogP contribution is -2.25. The van der Waals surface area contributed by atoms with Crippen LogP contribution in [0.1, 0.15) is 16.3 Å². The number of ether oxygens (including phenoxy) is 1. The van der Waals surface area contributed by atoms with E-state index in [0.29, 0.717) is 24.4 Å². The fraction of sp³-hybridized carbons (Fsp3) is 0.333. The zero-order valence-electron chi connectivity index (χ0n) is 14.1. The van der Waals surface area contributed by atoms with Crippen LogP contribution in [0.2, 0.25) is 5.02 Å². The SMILES string of the molecule is COCCn1c(C)nc2sc(C)c(-c3ccc(Cl)c(C)c3)c2c1=O. The van der Waals surface area contributed by atoms with E-state index >= 15 is 0 Å². The summed E-state index contributed by atoms with van der Waals surface area (Å²) in [6.45, 7) is 6.83. The summed E-state index contributed by atoms with van der Waals surface area (Å²) in [5, 5.41) is 1.41. The van der Waals surface area contributed by atoms with Gasteiger partial charge in [0.15, 0.2) is 0 Å². The second-order valence-corrected chi connectivity index (χ2v) is 7.40. The first kappa shape index (κ1) is 17.1. The molecule has 2 heterocycles. The Morgan fingerprint density at radius 1 is 1.29 bits per heavy atom. The Kier molecular flexibility index (Phi) is 4.76. The van der Waals surface area contributed by atoms with Crippen LogP contribution in [0.15, 0.2) is 23.0 Å². The van der Waals surface area contributed by atoms with Crippen molar-refractivity contribution in [1.82, 2.24) is 9.55 Å². The van der Waals surface area contributed by atoms with Crippen LogP contribution < -0.4 is 5.56 Å². The first-order valence-electron chi connectivity index (χ1n) is 7.70. The summed E-state index contributed by atoms with van der Waals surface area (Å²) in [5.74, 6) is 0.713. The van der Waals surface area contributed by atoms with Gasteiger partial charge in [-0.3, -0.25) is 9.36 Å². The number of nitrogens with zero attached hydrogens (tertiary/aromatic N) is 2. The first-order chi connectivity index (χ1) is 11.4. The zero-order valence-corrected chi connectivity index (χ0v) is 15.7. The molecule has 0 fully saturated rings. The summed E-state index contributed by atoms with van der Waals surface area (Å²) >= 11 is 7.70. The van der Waals surface area contributed by atoms with Crippen LogP contribution in [0.3, 0.4) is 0 Å². The van der Waals surface area contributed by atoms with Crippen molar-refractivity contribution in [1.29, 1.82) is 0 Å². The van der Waals surface area contributed by atoms with Gasteiger partial charge in [-0.05, 0) is 44.0 Å². The van der Waals surface area contributed by atoms with Gasteiger partial charge in [0, 0.05) is 22.6 Å².